The number of aliphatic imine (C=N–C) groups is 2. The van der Waals surface area contributed by atoms with Crippen LogP contribution in [0.25, 0.3) is 0 Å². The second kappa shape index (κ2) is 8.97. The van der Waals surface area contributed by atoms with Crippen LogP contribution in [0.3, 0.4) is 0 Å². The first-order valence-corrected chi connectivity index (χ1v) is 12.4. The Labute approximate surface area is 187 Å². The molecule has 8 nitrogen and oxygen atoms in total. The molecule has 1 aliphatic heterocycles. The Morgan fingerprint density at radius 2 is 1.74 bits per heavy atom. The molecule has 1 aromatic heterocycles. The van der Waals surface area contributed by atoms with E-state index in [1.54, 1.807) is 0 Å². The molecule has 168 valence electrons. The van der Waals surface area contributed by atoms with Crippen LogP contribution in [0.15, 0.2) is 49.9 Å². The van der Waals surface area contributed by atoms with Gasteiger partial charge in [0, 0.05) is 18.5 Å². The van der Waals surface area contributed by atoms with Crippen LogP contribution in [0.4, 0.5) is 5.69 Å². The van der Waals surface area contributed by atoms with Crippen molar-refractivity contribution in [2.75, 3.05) is 13.1 Å². The lowest BCUT2D eigenvalue weighted by molar-refractivity contribution is 0.329. The van der Waals surface area contributed by atoms with Crippen molar-refractivity contribution < 1.29 is 13.5 Å². The first-order chi connectivity index (χ1) is 14.5. The smallest absolute Gasteiger partial charge is 0.256 e. The van der Waals surface area contributed by atoms with Crippen LogP contribution in [0.5, 0.6) is 5.75 Å². The zero-order valence-electron chi connectivity index (χ0n) is 17.9. The standard InChI is InChI=1S/C21H29N5O3S2/c1-21(2,3)17(14-9-5-4-6-10-14)25-19(23)18(22)24-15-13-30-20(16(15)27)31(28,29)26-11-7-8-12-26/h4-6,9-10,13,17,27H,7-8,11-12H2,1-3H3,(H2,22,24)(H2,23,25)/t17-/m0/s1. The van der Waals surface area contributed by atoms with Gasteiger partial charge in [0.1, 0.15) is 5.69 Å². The van der Waals surface area contributed by atoms with Gasteiger partial charge in [-0.2, -0.15) is 4.31 Å². The van der Waals surface area contributed by atoms with Gasteiger partial charge in [-0.3, -0.25) is 4.99 Å². The van der Waals surface area contributed by atoms with E-state index in [4.69, 9.17) is 11.5 Å². The molecule has 0 amide bonds. The lowest BCUT2D eigenvalue weighted by Crippen LogP contribution is -2.33. The second-order valence-electron chi connectivity index (χ2n) is 8.56. The van der Waals surface area contributed by atoms with Crippen molar-refractivity contribution in [2.24, 2.45) is 26.9 Å². The molecule has 0 bridgehead atoms. The summed E-state index contributed by atoms with van der Waals surface area (Å²) in [6.07, 6.45) is 1.62. The van der Waals surface area contributed by atoms with Gasteiger partial charge in [0.25, 0.3) is 10.0 Å². The van der Waals surface area contributed by atoms with Crippen molar-refractivity contribution in [3.05, 3.63) is 41.3 Å². The number of nitrogens with two attached hydrogens (primary N) is 2. The fourth-order valence-corrected chi connectivity index (χ4v) is 6.30. The number of benzene rings is 1. The Bertz CT molecular complexity index is 1080. The molecule has 0 unspecified atom stereocenters. The third-order valence-electron chi connectivity index (χ3n) is 5.06. The van der Waals surface area contributed by atoms with E-state index in [0.717, 1.165) is 29.7 Å². The summed E-state index contributed by atoms with van der Waals surface area (Å²) in [4.78, 5) is 8.76. The number of hydrogen-bond donors (Lipinski definition) is 3. The predicted molar refractivity (Wildman–Crippen MR) is 126 cm³/mol. The van der Waals surface area contributed by atoms with Gasteiger partial charge >= 0.3 is 0 Å². The van der Waals surface area contributed by atoms with Gasteiger partial charge in [0.15, 0.2) is 21.6 Å². The summed E-state index contributed by atoms with van der Waals surface area (Å²) >= 11 is 0.916. The van der Waals surface area contributed by atoms with Gasteiger partial charge in [-0.1, -0.05) is 51.1 Å². The summed E-state index contributed by atoms with van der Waals surface area (Å²) in [6, 6.07) is 9.48. The van der Waals surface area contributed by atoms with Crippen LogP contribution in [0.1, 0.15) is 45.2 Å². The average Bonchev–Trinajstić information content (AvgIpc) is 3.37. The number of amidine groups is 2. The number of thiophene rings is 1. The van der Waals surface area contributed by atoms with Crippen molar-refractivity contribution in [2.45, 2.75) is 43.9 Å². The summed E-state index contributed by atoms with van der Waals surface area (Å²) in [5, 5.41) is 12.0. The summed E-state index contributed by atoms with van der Waals surface area (Å²) < 4.78 is 26.7. The van der Waals surface area contributed by atoms with E-state index in [2.05, 4.69) is 30.8 Å². The van der Waals surface area contributed by atoms with Gasteiger partial charge in [0.2, 0.25) is 0 Å². The molecule has 1 aliphatic rings. The summed E-state index contributed by atoms with van der Waals surface area (Å²) in [5.41, 5.74) is 13.0. The Kier molecular flexibility index (Phi) is 6.73. The van der Waals surface area contributed by atoms with Crippen LogP contribution in [0.2, 0.25) is 0 Å². The summed E-state index contributed by atoms with van der Waals surface area (Å²) in [6.45, 7) is 7.06. The molecule has 0 radical (unpaired) electrons. The highest BCUT2D eigenvalue weighted by atomic mass is 32.2. The molecule has 2 heterocycles. The quantitative estimate of drug-likeness (QED) is 0.461. The molecule has 2 aromatic rings. The van der Waals surface area contributed by atoms with Crippen LogP contribution in [-0.2, 0) is 10.0 Å². The van der Waals surface area contributed by atoms with Crippen molar-refractivity contribution in [1.29, 1.82) is 0 Å². The van der Waals surface area contributed by atoms with Crippen molar-refractivity contribution in [3.63, 3.8) is 0 Å². The predicted octanol–water partition coefficient (Wildman–Crippen LogP) is 3.37. The van der Waals surface area contributed by atoms with Crippen molar-refractivity contribution in [1.82, 2.24) is 4.31 Å². The van der Waals surface area contributed by atoms with E-state index in [-0.39, 0.29) is 33.0 Å². The first kappa shape index (κ1) is 23.2. The van der Waals surface area contributed by atoms with Gasteiger partial charge in [-0.25, -0.2) is 13.4 Å². The number of aromatic hydroxyl groups is 1. The minimum atomic E-state index is -3.75. The SMILES string of the molecule is CC(C)(C)[C@@H](N=C(N)C(N)=Nc1csc(S(=O)(=O)N2CCCC2)c1O)c1ccccc1. The fraction of sp³-hybridized carbons (Fsp3) is 0.429. The number of sulfonamides is 1. The average molecular weight is 464 g/mol. The zero-order valence-corrected chi connectivity index (χ0v) is 19.6. The largest absolute Gasteiger partial charge is 0.504 e. The zero-order chi connectivity index (χ0) is 22.8. The summed E-state index contributed by atoms with van der Waals surface area (Å²) in [5.74, 6) is -0.468. The van der Waals surface area contributed by atoms with Gasteiger partial charge in [0.05, 0.1) is 6.04 Å². The lowest BCUT2D eigenvalue weighted by Gasteiger charge is -2.28. The molecule has 0 aliphatic carbocycles. The Hall–Kier alpha value is -2.43. The van der Waals surface area contributed by atoms with Gasteiger partial charge in [-0.05, 0) is 23.8 Å². The molecule has 5 N–H and O–H groups in total. The second-order valence-corrected chi connectivity index (χ2v) is 11.6. The fourth-order valence-electron chi connectivity index (χ4n) is 3.43. The van der Waals surface area contributed by atoms with E-state index in [9.17, 15) is 13.5 Å². The maximum atomic E-state index is 12.7. The van der Waals surface area contributed by atoms with Crippen LogP contribution in [-0.4, -0.2) is 42.6 Å². The maximum Gasteiger partial charge on any atom is 0.256 e. The Balaban J connectivity index is 1.91. The topological polar surface area (TPSA) is 134 Å². The van der Waals surface area contributed by atoms with E-state index in [1.807, 2.05) is 30.3 Å². The molecule has 0 spiro atoms. The molecule has 3 rings (SSSR count). The van der Waals surface area contributed by atoms with Crippen LogP contribution >= 0.6 is 11.3 Å². The van der Waals surface area contributed by atoms with Gasteiger partial charge in [-0.15, -0.1) is 11.3 Å². The molecular formula is C21H29N5O3S2. The highest BCUT2D eigenvalue weighted by molar-refractivity contribution is 7.91. The third kappa shape index (κ3) is 5.08. The van der Waals surface area contributed by atoms with E-state index in [0.29, 0.717) is 13.1 Å². The molecule has 1 fully saturated rings. The number of nitrogens with zero attached hydrogens (tertiary/aromatic N) is 3. The third-order valence-corrected chi connectivity index (χ3v) is 8.44. The first-order valence-electron chi connectivity index (χ1n) is 10.0. The van der Waals surface area contributed by atoms with Gasteiger partial charge < -0.3 is 16.6 Å². The molecule has 1 aromatic carbocycles. The Morgan fingerprint density at radius 1 is 1.13 bits per heavy atom. The van der Waals surface area contributed by atoms with Crippen molar-refractivity contribution >= 4 is 38.7 Å². The highest BCUT2D eigenvalue weighted by Crippen LogP contribution is 2.41. The normalized spacial score (nSPS) is 17.8. The minimum absolute atomic E-state index is 0.0262. The molecule has 0 saturated carbocycles. The molecule has 1 saturated heterocycles. The van der Waals surface area contributed by atoms with Crippen LogP contribution in [0, 0.1) is 5.41 Å². The molecule has 10 heteroatoms. The van der Waals surface area contributed by atoms with Crippen LogP contribution < -0.4 is 11.5 Å². The Morgan fingerprint density at radius 3 is 2.32 bits per heavy atom. The summed E-state index contributed by atoms with van der Waals surface area (Å²) in [7, 11) is -3.75. The molecular weight excluding hydrogens is 434 g/mol. The minimum Gasteiger partial charge on any atom is -0.504 e. The number of hydrogen-bond acceptors (Lipinski definition) is 6. The molecule has 31 heavy (non-hydrogen) atoms. The molecule has 1 atom stereocenters. The monoisotopic (exact) mass is 463 g/mol. The van der Waals surface area contributed by atoms with Crippen molar-refractivity contribution in [3.8, 4) is 5.75 Å². The van der Waals surface area contributed by atoms with E-state index in [1.165, 1.54) is 9.69 Å². The van der Waals surface area contributed by atoms with E-state index >= 15 is 0 Å². The van der Waals surface area contributed by atoms with E-state index < -0.39 is 15.8 Å². The highest BCUT2D eigenvalue weighted by Gasteiger charge is 2.32. The maximum absolute atomic E-state index is 12.7. The number of rotatable bonds is 5. The lowest BCUT2D eigenvalue weighted by atomic mass is 9.83.